The molecule has 0 radical (unpaired) electrons. The maximum absolute atomic E-state index is 13.0. The van der Waals surface area contributed by atoms with E-state index in [1.54, 1.807) is 0 Å². The second-order valence-electron chi connectivity index (χ2n) is 4.37. The van der Waals surface area contributed by atoms with Crippen molar-refractivity contribution in [2.75, 3.05) is 13.2 Å². The normalized spacial score (nSPS) is 15.0. The van der Waals surface area contributed by atoms with Crippen LogP contribution in [0.25, 0.3) is 0 Å². The van der Waals surface area contributed by atoms with Crippen molar-refractivity contribution < 1.29 is 75.7 Å². The predicted octanol–water partition coefficient (Wildman–Crippen LogP) is 4.81. The zero-order valence-corrected chi connectivity index (χ0v) is 11.4. The summed E-state index contributed by atoms with van der Waals surface area (Å²) in [4.78, 5) is 10.4. The van der Waals surface area contributed by atoms with Crippen molar-refractivity contribution in [1.29, 1.82) is 0 Å². The third kappa shape index (κ3) is 4.72. The smallest absolute Gasteiger partial charge is 0.428 e. The Morgan fingerprint density at radius 1 is 0.577 bits per heavy atom. The lowest BCUT2D eigenvalue weighted by atomic mass is 9.98. The fraction of sp³-hybridized carbons (Fsp3) is 0.889. The van der Waals surface area contributed by atoms with Gasteiger partial charge in [0.15, 0.2) is 13.2 Å². The van der Waals surface area contributed by atoms with Gasteiger partial charge >= 0.3 is 42.2 Å². The number of ether oxygens (including phenoxy) is 2. The Balaban J connectivity index is 5.34. The number of carbonyl (C=O) groups is 1. The highest BCUT2D eigenvalue weighted by Gasteiger charge is 2.87. The van der Waals surface area contributed by atoms with Gasteiger partial charge in [0.25, 0.3) is 0 Å². The quantitative estimate of drug-likeness (QED) is 0.452. The minimum absolute atomic E-state index is 2.49. The van der Waals surface area contributed by atoms with Crippen molar-refractivity contribution in [3.05, 3.63) is 0 Å². The zero-order chi connectivity index (χ0) is 21.4. The molecule has 17 heteroatoms. The molecule has 3 nitrogen and oxygen atoms in total. The van der Waals surface area contributed by atoms with E-state index < -0.39 is 55.4 Å². The first-order valence-electron chi connectivity index (χ1n) is 5.54. The van der Waals surface area contributed by atoms with Crippen LogP contribution in [0.3, 0.4) is 0 Å². The highest BCUT2D eigenvalue weighted by Crippen LogP contribution is 2.57. The predicted molar refractivity (Wildman–Crippen MR) is 49.2 cm³/mol. The van der Waals surface area contributed by atoms with E-state index in [9.17, 15) is 66.3 Å². The molecule has 0 amide bonds. The maximum atomic E-state index is 13.0. The average Bonchev–Trinajstić information content (AvgIpc) is 2.40. The molecule has 0 unspecified atom stereocenters. The van der Waals surface area contributed by atoms with E-state index >= 15 is 0 Å². The highest BCUT2D eigenvalue weighted by molar-refractivity contribution is 5.59. The third-order valence-electron chi connectivity index (χ3n) is 2.33. The van der Waals surface area contributed by atoms with Gasteiger partial charge in [-0.05, 0) is 0 Å². The SMILES string of the molecule is O=C(OCC(F)(F)F)OCC(F)(F)C(F)(F)C(F)(F)C(F)(F)C(F)(F)F. The summed E-state index contributed by atoms with van der Waals surface area (Å²) in [5.41, 5.74) is 0. The molecule has 0 heterocycles. The van der Waals surface area contributed by atoms with Gasteiger partial charge in [0.05, 0.1) is 0 Å². The van der Waals surface area contributed by atoms with E-state index in [0.717, 1.165) is 0 Å². The van der Waals surface area contributed by atoms with Gasteiger partial charge in [-0.15, -0.1) is 0 Å². The molecule has 0 bridgehead atoms. The van der Waals surface area contributed by atoms with Crippen molar-refractivity contribution in [1.82, 2.24) is 0 Å². The maximum Gasteiger partial charge on any atom is 0.508 e. The fourth-order valence-corrected chi connectivity index (χ4v) is 1.03. The number of rotatable bonds is 6. The molecule has 0 aliphatic carbocycles. The van der Waals surface area contributed by atoms with Gasteiger partial charge in [0, 0.05) is 0 Å². The first-order chi connectivity index (χ1) is 11.1. The molecule has 0 aromatic carbocycles. The monoisotopic (exact) mass is 426 g/mol. The Kier molecular flexibility index (Phi) is 6.34. The van der Waals surface area contributed by atoms with Crippen molar-refractivity contribution in [2.24, 2.45) is 0 Å². The van der Waals surface area contributed by atoms with Crippen molar-refractivity contribution >= 4 is 6.16 Å². The van der Waals surface area contributed by atoms with E-state index in [-0.39, 0.29) is 0 Å². The zero-order valence-electron chi connectivity index (χ0n) is 11.4. The van der Waals surface area contributed by atoms with E-state index in [2.05, 4.69) is 9.47 Å². The molecular weight excluding hydrogens is 422 g/mol. The Morgan fingerprint density at radius 2 is 0.962 bits per heavy atom. The van der Waals surface area contributed by atoms with Crippen LogP contribution in [0.2, 0.25) is 0 Å². The Morgan fingerprint density at radius 3 is 1.31 bits per heavy atom. The van der Waals surface area contributed by atoms with Crippen LogP contribution in [-0.2, 0) is 9.47 Å². The van der Waals surface area contributed by atoms with Crippen LogP contribution < -0.4 is 0 Å². The first-order valence-corrected chi connectivity index (χ1v) is 5.54. The standard InChI is InChI=1S/C9H4F14O3/c10-4(11,1-25-3(24)26-2-5(12,13)14)6(15,16)7(17,18)8(19,20)9(21,22)23/h1-2H2. The van der Waals surface area contributed by atoms with Gasteiger partial charge in [0.1, 0.15) is 0 Å². The van der Waals surface area contributed by atoms with Crippen LogP contribution in [0.15, 0.2) is 0 Å². The van der Waals surface area contributed by atoms with E-state index in [0.29, 0.717) is 0 Å². The Labute approximate surface area is 132 Å². The van der Waals surface area contributed by atoms with Crippen LogP contribution in [0.5, 0.6) is 0 Å². The van der Waals surface area contributed by atoms with E-state index in [1.807, 2.05) is 0 Å². The Hall–Kier alpha value is -1.71. The van der Waals surface area contributed by atoms with Gasteiger partial charge < -0.3 is 9.47 Å². The molecule has 0 aromatic rings. The summed E-state index contributed by atoms with van der Waals surface area (Å²) in [5.74, 6) is -29.4. The molecule has 0 aromatic heterocycles. The summed E-state index contributed by atoms with van der Waals surface area (Å²) >= 11 is 0. The molecule has 26 heavy (non-hydrogen) atoms. The van der Waals surface area contributed by atoms with Gasteiger partial charge in [-0.3, -0.25) is 0 Å². The molecule has 156 valence electrons. The lowest BCUT2D eigenvalue weighted by Gasteiger charge is -2.36. The summed E-state index contributed by atoms with van der Waals surface area (Å²) in [5, 5.41) is 0. The molecule has 0 saturated carbocycles. The topological polar surface area (TPSA) is 35.5 Å². The van der Waals surface area contributed by atoms with Gasteiger partial charge in [-0.2, -0.15) is 61.5 Å². The van der Waals surface area contributed by atoms with Gasteiger partial charge in [0.2, 0.25) is 0 Å². The van der Waals surface area contributed by atoms with Crippen LogP contribution in [0.4, 0.5) is 66.3 Å². The van der Waals surface area contributed by atoms with Crippen LogP contribution in [-0.4, -0.2) is 55.4 Å². The number of alkyl halides is 14. The molecular formula is C9H4F14O3. The summed E-state index contributed by atoms with van der Waals surface area (Å²) in [6, 6.07) is 0. The van der Waals surface area contributed by atoms with Crippen LogP contribution >= 0.6 is 0 Å². The third-order valence-corrected chi connectivity index (χ3v) is 2.33. The van der Waals surface area contributed by atoms with Crippen LogP contribution in [0, 0.1) is 0 Å². The molecule has 0 aliphatic heterocycles. The molecule has 0 fully saturated rings. The summed E-state index contributed by atoms with van der Waals surface area (Å²) in [6.07, 6.45) is -15.4. The van der Waals surface area contributed by atoms with Crippen molar-refractivity contribution in [3.8, 4) is 0 Å². The lowest BCUT2D eigenvalue weighted by Crippen LogP contribution is -2.67. The largest absolute Gasteiger partial charge is 0.508 e. The highest BCUT2D eigenvalue weighted by atomic mass is 19.4. The Bertz CT molecular complexity index is 505. The molecule has 0 rings (SSSR count). The van der Waals surface area contributed by atoms with E-state index in [4.69, 9.17) is 0 Å². The molecule has 0 saturated heterocycles. The summed E-state index contributed by atoms with van der Waals surface area (Å²) in [6.45, 7) is -5.78. The second kappa shape index (κ2) is 6.79. The molecule has 0 N–H and O–H groups in total. The first kappa shape index (κ1) is 24.3. The van der Waals surface area contributed by atoms with Crippen LogP contribution in [0.1, 0.15) is 0 Å². The van der Waals surface area contributed by atoms with Gasteiger partial charge in [-0.1, -0.05) is 0 Å². The fourth-order valence-electron chi connectivity index (χ4n) is 1.03. The van der Waals surface area contributed by atoms with Crippen molar-refractivity contribution in [3.63, 3.8) is 0 Å². The summed E-state index contributed by atoms with van der Waals surface area (Å²) in [7, 11) is 0. The lowest BCUT2D eigenvalue weighted by molar-refractivity contribution is -0.423. The van der Waals surface area contributed by atoms with E-state index in [1.165, 1.54) is 0 Å². The average molecular weight is 426 g/mol. The number of hydrogen-bond acceptors (Lipinski definition) is 3. The minimum atomic E-state index is -7.72. The molecule has 0 spiro atoms. The second-order valence-corrected chi connectivity index (χ2v) is 4.37. The number of hydrogen-bond donors (Lipinski definition) is 0. The number of halogens is 14. The molecule has 0 atom stereocenters. The van der Waals surface area contributed by atoms with Crippen molar-refractivity contribution in [2.45, 2.75) is 36.0 Å². The minimum Gasteiger partial charge on any atom is -0.428 e. The number of carbonyl (C=O) groups excluding carboxylic acids is 1. The summed E-state index contributed by atoms with van der Waals surface area (Å²) < 4.78 is 178. The van der Waals surface area contributed by atoms with Gasteiger partial charge in [-0.25, -0.2) is 4.79 Å². The molecule has 0 aliphatic rings.